The summed E-state index contributed by atoms with van der Waals surface area (Å²) in [7, 11) is 1.61. The molecule has 1 unspecified atom stereocenters. The number of piperazine rings is 1. The first kappa shape index (κ1) is 22.4. The second kappa shape index (κ2) is 11.9. The second-order valence-electron chi connectivity index (χ2n) is 5.59. The van der Waals surface area contributed by atoms with Crippen molar-refractivity contribution in [2.24, 2.45) is 0 Å². The van der Waals surface area contributed by atoms with Crippen LogP contribution in [0.1, 0.15) is 12.8 Å². The minimum Gasteiger partial charge on any atom is -0.383 e. The maximum atomic E-state index is 12.3. The van der Waals surface area contributed by atoms with Crippen LogP contribution in [0.25, 0.3) is 0 Å². The molecule has 0 aromatic rings. The maximum absolute atomic E-state index is 12.3. The third kappa shape index (κ3) is 7.22. The molecule has 2 amide bonds. The number of hydrogen-bond acceptors (Lipinski definition) is 5. The van der Waals surface area contributed by atoms with Gasteiger partial charge in [0.1, 0.15) is 0 Å². The molecular formula is C14H28Cl2N4O3. The topological polar surface area (TPSA) is 73.9 Å². The van der Waals surface area contributed by atoms with Crippen LogP contribution in [0.4, 0.5) is 0 Å². The number of ether oxygens (including phenoxy) is 1. The molecular weight excluding hydrogens is 343 g/mol. The molecule has 2 aliphatic rings. The smallest absolute Gasteiger partial charge is 0.239 e. The number of rotatable bonds is 6. The summed E-state index contributed by atoms with van der Waals surface area (Å²) >= 11 is 0. The largest absolute Gasteiger partial charge is 0.383 e. The van der Waals surface area contributed by atoms with Crippen molar-refractivity contribution in [3.8, 4) is 0 Å². The summed E-state index contributed by atoms with van der Waals surface area (Å²) in [5, 5.41) is 6.06. The SMILES string of the molecule is COCCNC(=O)CN1CCN(C(=O)C2CCCN2)CC1.Cl.Cl. The van der Waals surface area contributed by atoms with Crippen LogP contribution in [0.2, 0.25) is 0 Å². The van der Waals surface area contributed by atoms with Crippen LogP contribution in [0, 0.1) is 0 Å². The van der Waals surface area contributed by atoms with Gasteiger partial charge in [-0.2, -0.15) is 0 Å². The molecule has 0 spiro atoms. The Kier molecular flexibility index (Phi) is 11.6. The third-order valence-electron chi connectivity index (χ3n) is 4.04. The average molecular weight is 371 g/mol. The highest BCUT2D eigenvalue weighted by molar-refractivity contribution is 5.85. The monoisotopic (exact) mass is 370 g/mol. The van der Waals surface area contributed by atoms with Crippen LogP contribution in [-0.4, -0.2) is 87.2 Å². The third-order valence-corrected chi connectivity index (χ3v) is 4.04. The van der Waals surface area contributed by atoms with E-state index in [1.807, 2.05) is 4.90 Å². The molecule has 23 heavy (non-hydrogen) atoms. The number of nitrogens with zero attached hydrogens (tertiary/aromatic N) is 2. The van der Waals surface area contributed by atoms with E-state index in [1.165, 1.54) is 0 Å². The zero-order valence-electron chi connectivity index (χ0n) is 13.6. The molecule has 2 N–H and O–H groups in total. The zero-order chi connectivity index (χ0) is 15.1. The van der Waals surface area contributed by atoms with E-state index < -0.39 is 0 Å². The fraction of sp³-hybridized carbons (Fsp3) is 0.857. The molecule has 0 aliphatic carbocycles. The van der Waals surface area contributed by atoms with Gasteiger partial charge in [0.2, 0.25) is 11.8 Å². The molecule has 0 saturated carbocycles. The van der Waals surface area contributed by atoms with Crippen LogP contribution in [-0.2, 0) is 14.3 Å². The Morgan fingerprint density at radius 2 is 1.91 bits per heavy atom. The molecule has 1 atom stereocenters. The van der Waals surface area contributed by atoms with Crippen molar-refractivity contribution in [2.75, 3.05) is 59.5 Å². The molecule has 7 nitrogen and oxygen atoms in total. The van der Waals surface area contributed by atoms with Gasteiger partial charge in [-0.15, -0.1) is 24.8 Å². The van der Waals surface area contributed by atoms with Crippen molar-refractivity contribution < 1.29 is 14.3 Å². The molecule has 0 aromatic carbocycles. The lowest BCUT2D eigenvalue weighted by Gasteiger charge is -2.35. The molecule has 0 bridgehead atoms. The van der Waals surface area contributed by atoms with Gasteiger partial charge in [-0.1, -0.05) is 0 Å². The number of nitrogens with one attached hydrogen (secondary N) is 2. The number of halogens is 2. The van der Waals surface area contributed by atoms with Crippen LogP contribution in [0.15, 0.2) is 0 Å². The van der Waals surface area contributed by atoms with E-state index in [4.69, 9.17) is 4.74 Å². The Bertz CT molecular complexity index is 360. The Labute approximate surface area is 150 Å². The normalized spacial score (nSPS) is 21.3. The molecule has 136 valence electrons. The van der Waals surface area contributed by atoms with Gasteiger partial charge >= 0.3 is 0 Å². The van der Waals surface area contributed by atoms with Crippen molar-refractivity contribution in [3.63, 3.8) is 0 Å². The Morgan fingerprint density at radius 1 is 1.22 bits per heavy atom. The maximum Gasteiger partial charge on any atom is 0.239 e. The number of methoxy groups -OCH3 is 1. The summed E-state index contributed by atoms with van der Waals surface area (Å²) in [4.78, 5) is 28.0. The minimum atomic E-state index is 0. The standard InChI is InChI=1S/C14H26N4O3.2ClH/c1-21-10-5-16-13(19)11-17-6-8-18(9-7-17)14(20)12-3-2-4-15-12;;/h12,15H,2-11H2,1H3,(H,16,19);2*1H. The van der Waals surface area contributed by atoms with Crippen molar-refractivity contribution >= 4 is 36.6 Å². The van der Waals surface area contributed by atoms with E-state index in [0.717, 1.165) is 32.5 Å². The summed E-state index contributed by atoms with van der Waals surface area (Å²) in [6, 6.07) is 0.00823. The Morgan fingerprint density at radius 3 is 2.48 bits per heavy atom. The fourth-order valence-corrected chi connectivity index (χ4v) is 2.79. The molecule has 0 aromatic heterocycles. The van der Waals surface area contributed by atoms with Gasteiger partial charge in [-0.05, 0) is 19.4 Å². The number of amides is 2. The van der Waals surface area contributed by atoms with E-state index in [2.05, 4.69) is 15.5 Å². The summed E-state index contributed by atoms with van der Waals surface area (Å²) < 4.78 is 4.89. The van der Waals surface area contributed by atoms with Crippen molar-refractivity contribution in [1.29, 1.82) is 0 Å². The van der Waals surface area contributed by atoms with Crippen molar-refractivity contribution in [3.05, 3.63) is 0 Å². The number of hydrogen-bond donors (Lipinski definition) is 2. The average Bonchev–Trinajstić information content (AvgIpc) is 3.02. The second-order valence-corrected chi connectivity index (χ2v) is 5.59. The Hall–Kier alpha value is -0.600. The highest BCUT2D eigenvalue weighted by Crippen LogP contribution is 2.10. The van der Waals surface area contributed by atoms with Gasteiger partial charge in [0.25, 0.3) is 0 Å². The predicted molar refractivity (Wildman–Crippen MR) is 93.4 cm³/mol. The highest BCUT2D eigenvalue weighted by Gasteiger charge is 2.29. The van der Waals surface area contributed by atoms with Crippen LogP contribution < -0.4 is 10.6 Å². The van der Waals surface area contributed by atoms with E-state index in [-0.39, 0.29) is 42.7 Å². The molecule has 9 heteroatoms. The first-order valence-corrected chi connectivity index (χ1v) is 7.71. The lowest BCUT2D eigenvalue weighted by atomic mass is 10.2. The van der Waals surface area contributed by atoms with E-state index in [1.54, 1.807) is 7.11 Å². The summed E-state index contributed by atoms with van der Waals surface area (Å²) in [6.07, 6.45) is 2.03. The Balaban J connectivity index is 0.00000242. The van der Waals surface area contributed by atoms with E-state index in [9.17, 15) is 9.59 Å². The summed E-state index contributed by atoms with van der Waals surface area (Å²) in [5.41, 5.74) is 0. The lowest BCUT2D eigenvalue weighted by molar-refractivity contribution is -0.135. The first-order chi connectivity index (χ1) is 10.2. The van der Waals surface area contributed by atoms with Gasteiger partial charge < -0.3 is 20.3 Å². The summed E-state index contributed by atoms with van der Waals surface area (Å²) in [5.74, 6) is 0.237. The van der Waals surface area contributed by atoms with Gasteiger partial charge in [0.15, 0.2) is 0 Å². The lowest BCUT2D eigenvalue weighted by Crippen LogP contribution is -2.54. The minimum absolute atomic E-state index is 0. The molecule has 2 rings (SSSR count). The van der Waals surface area contributed by atoms with Gasteiger partial charge in [0.05, 0.1) is 19.2 Å². The quantitative estimate of drug-likeness (QED) is 0.616. The van der Waals surface area contributed by atoms with Crippen LogP contribution >= 0.6 is 24.8 Å². The van der Waals surface area contributed by atoms with Gasteiger partial charge in [0, 0.05) is 39.8 Å². The zero-order valence-corrected chi connectivity index (χ0v) is 15.2. The molecule has 2 fully saturated rings. The molecule has 2 heterocycles. The number of carbonyl (C=O) groups is 2. The fourth-order valence-electron chi connectivity index (χ4n) is 2.79. The number of carbonyl (C=O) groups excluding carboxylic acids is 2. The molecule has 0 radical (unpaired) electrons. The first-order valence-electron chi connectivity index (χ1n) is 7.71. The molecule has 2 aliphatic heterocycles. The summed E-state index contributed by atoms with van der Waals surface area (Å²) in [6.45, 7) is 5.35. The van der Waals surface area contributed by atoms with E-state index >= 15 is 0 Å². The predicted octanol–water partition coefficient (Wildman–Crippen LogP) is -0.511. The molecule has 2 saturated heterocycles. The van der Waals surface area contributed by atoms with Crippen molar-refractivity contribution in [2.45, 2.75) is 18.9 Å². The van der Waals surface area contributed by atoms with E-state index in [0.29, 0.717) is 32.8 Å². The highest BCUT2D eigenvalue weighted by atomic mass is 35.5. The van der Waals surface area contributed by atoms with Crippen molar-refractivity contribution in [1.82, 2.24) is 20.4 Å². The van der Waals surface area contributed by atoms with Gasteiger partial charge in [-0.25, -0.2) is 0 Å². The van der Waals surface area contributed by atoms with Crippen LogP contribution in [0.3, 0.4) is 0 Å². The van der Waals surface area contributed by atoms with Gasteiger partial charge in [-0.3, -0.25) is 14.5 Å². The van der Waals surface area contributed by atoms with Crippen LogP contribution in [0.5, 0.6) is 0 Å².